The number of sulfone groups is 1. The molecular formula is C21H21N5O3S. The molecule has 2 aromatic heterocycles. The Balaban J connectivity index is 1.55. The lowest BCUT2D eigenvalue weighted by atomic mass is 9.81. The minimum atomic E-state index is -3.31. The molecule has 3 aromatic rings. The van der Waals surface area contributed by atoms with Gasteiger partial charge in [-0.3, -0.25) is 0 Å². The zero-order valence-corrected chi connectivity index (χ0v) is 17.6. The Morgan fingerprint density at radius 3 is 2.53 bits per heavy atom. The number of hydrogen-bond donors (Lipinski definition) is 0. The fourth-order valence-electron chi connectivity index (χ4n) is 3.99. The highest BCUT2D eigenvalue weighted by Gasteiger charge is 2.49. The smallest absolute Gasteiger partial charge is 0.229 e. The van der Waals surface area contributed by atoms with Crippen LogP contribution in [0.2, 0.25) is 0 Å². The van der Waals surface area contributed by atoms with Crippen LogP contribution in [-0.4, -0.2) is 54.1 Å². The van der Waals surface area contributed by atoms with Crippen molar-refractivity contribution < 1.29 is 13.2 Å². The summed E-state index contributed by atoms with van der Waals surface area (Å²) in [5, 5.41) is 8.12. The van der Waals surface area contributed by atoms with Crippen LogP contribution in [-0.2, 0) is 20.0 Å². The second-order valence-electron chi connectivity index (χ2n) is 7.83. The quantitative estimate of drug-likeness (QED) is 0.631. The summed E-state index contributed by atoms with van der Waals surface area (Å²) in [6.07, 6.45) is 5.14. The molecule has 1 spiro atoms. The van der Waals surface area contributed by atoms with Crippen molar-refractivity contribution in [3.63, 3.8) is 0 Å². The lowest BCUT2D eigenvalue weighted by molar-refractivity contribution is -0.0507. The van der Waals surface area contributed by atoms with E-state index >= 15 is 0 Å². The van der Waals surface area contributed by atoms with Crippen molar-refractivity contribution in [3.8, 4) is 11.3 Å². The normalized spacial score (nSPS) is 17.1. The summed E-state index contributed by atoms with van der Waals surface area (Å²) >= 11 is 0. The molecule has 30 heavy (non-hydrogen) atoms. The lowest BCUT2D eigenvalue weighted by Crippen LogP contribution is -2.49. The summed E-state index contributed by atoms with van der Waals surface area (Å²) < 4.78 is 30.4. The molecule has 2 aliphatic heterocycles. The molecule has 9 heteroatoms. The number of ether oxygens (including phenoxy) is 1. The average Bonchev–Trinajstić information content (AvgIpc) is 3.09. The van der Waals surface area contributed by atoms with E-state index in [9.17, 15) is 8.42 Å². The maximum absolute atomic E-state index is 12.4. The molecule has 4 heterocycles. The van der Waals surface area contributed by atoms with Gasteiger partial charge in [0.05, 0.1) is 41.2 Å². The third kappa shape index (κ3) is 2.96. The van der Waals surface area contributed by atoms with Gasteiger partial charge in [-0.05, 0) is 36.2 Å². The Hall–Kier alpha value is -2.91. The molecule has 0 saturated carbocycles. The Morgan fingerprint density at radius 1 is 1.13 bits per heavy atom. The summed E-state index contributed by atoms with van der Waals surface area (Å²) in [7, 11) is -3.31. The number of hydrogen-bond acceptors (Lipinski definition) is 8. The number of anilines is 2. The van der Waals surface area contributed by atoms with Crippen molar-refractivity contribution in [2.24, 2.45) is 0 Å². The van der Waals surface area contributed by atoms with E-state index in [1.54, 1.807) is 37.6 Å². The Morgan fingerprint density at radius 2 is 1.90 bits per heavy atom. The zero-order chi connectivity index (χ0) is 20.9. The first-order chi connectivity index (χ1) is 14.4. The lowest BCUT2D eigenvalue weighted by Gasteiger charge is -2.38. The van der Waals surface area contributed by atoms with Crippen molar-refractivity contribution in [2.75, 3.05) is 30.4 Å². The molecule has 2 aliphatic rings. The molecule has 5 rings (SSSR count). The fraction of sp³-hybridized carbons (Fsp3) is 0.333. The summed E-state index contributed by atoms with van der Waals surface area (Å²) in [6.45, 7) is 5.47. The van der Waals surface area contributed by atoms with Gasteiger partial charge in [-0.2, -0.15) is 10.2 Å². The number of fused-ring (bicyclic) bond motifs is 2. The van der Waals surface area contributed by atoms with Crippen molar-refractivity contribution in [3.05, 3.63) is 54.0 Å². The predicted molar refractivity (Wildman–Crippen MR) is 111 cm³/mol. The maximum atomic E-state index is 12.4. The molecule has 0 unspecified atom stereocenters. The second kappa shape index (κ2) is 6.82. The van der Waals surface area contributed by atoms with E-state index in [4.69, 9.17) is 4.74 Å². The van der Waals surface area contributed by atoms with Gasteiger partial charge in [-0.25, -0.2) is 18.4 Å². The monoisotopic (exact) mass is 423 g/mol. The number of aromatic nitrogens is 4. The summed E-state index contributed by atoms with van der Waals surface area (Å²) in [4.78, 5) is 11.4. The van der Waals surface area contributed by atoms with Crippen LogP contribution in [0.1, 0.15) is 18.1 Å². The topological polar surface area (TPSA) is 98.2 Å². The van der Waals surface area contributed by atoms with Gasteiger partial charge in [0.25, 0.3) is 0 Å². The number of nitrogens with zero attached hydrogens (tertiary/aromatic N) is 5. The molecule has 1 aromatic carbocycles. The number of benzene rings is 1. The van der Waals surface area contributed by atoms with Gasteiger partial charge < -0.3 is 9.64 Å². The standard InChI is InChI=1S/C21H21N5O3S/c1-3-30(27,28)16-4-5-17-19(7-16)26(11-21(17)12-29-13-21)20-22-9-15(10-23-20)18-6-14(2)8-24-25-18/h4-10H,3,11-13H2,1-2H3. The van der Waals surface area contributed by atoms with E-state index in [-0.39, 0.29) is 11.2 Å². The van der Waals surface area contributed by atoms with E-state index < -0.39 is 9.84 Å². The third-order valence-corrected chi connectivity index (χ3v) is 7.49. The second-order valence-corrected chi connectivity index (χ2v) is 10.1. The molecule has 8 nitrogen and oxygen atoms in total. The molecule has 154 valence electrons. The van der Waals surface area contributed by atoms with Crippen molar-refractivity contribution in [1.82, 2.24) is 20.2 Å². The molecule has 1 saturated heterocycles. The summed E-state index contributed by atoms with van der Waals surface area (Å²) in [5.74, 6) is 0.582. The SMILES string of the molecule is CCS(=O)(=O)c1ccc2c(c1)N(c1ncc(-c3cc(C)cnn3)cn1)CC21COC1. The van der Waals surface area contributed by atoms with Crippen molar-refractivity contribution in [2.45, 2.75) is 24.2 Å². The van der Waals surface area contributed by atoms with Crippen LogP contribution >= 0.6 is 0 Å². The van der Waals surface area contributed by atoms with E-state index in [1.807, 2.05) is 24.0 Å². The van der Waals surface area contributed by atoms with Crippen LogP contribution in [0.25, 0.3) is 11.3 Å². The molecule has 0 N–H and O–H groups in total. The molecular weight excluding hydrogens is 402 g/mol. The van der Waals surface area contributed by atoms with Gasteiger partial charge in [-0.15, -0.1) is 0 Å². The van der Waals surface area contributed by atoms with Crippen LogP contribution in [0.5, 0.6) is 0 Å². The van der Waals surface area contributed by atoms with Crippen molar-refractivity contribution >= 4 is 21.5 Å². The molecule has 0 bridgehead atoms. The Labute approximate surface area is 174 Å². The first kappa shape index (κ1) is 19.1. The maximum Gasteiger partial charge on any atom is 0.229 e. The van der Waals surface area contributed by atoms with Gasteiger partial charge in [0, 0.05) is 30.2 Å². The first-order valence-corrected chi connectivity index (χ1v) is 11.4. The van der Waals surface area contributed by atoms with Crippen LogP contribution < -0.4 is 4.90 Å². The number of aryl methyl sites for hydroxylation is 1. The first-order valence-electron chi connectivity index (χ1n) is 9.76. The molecule has 0 aliphatic carbocycles. The van der Waals surface area contributed by atoms with Gasteiger partial charge in [0.15, 0.2) is 9.84 Å². The zero-order valence-electron chi connectivity index (χ0n) is 16.7. The third-order valence-electron chi connectivity index (χ3n) is 5.75. The predicted octanol–water partition coefficient (Wildman–Crippen LogP) is 2.46. The van der Waals surface area contributed by atoms with E-state index in [1.165, 1.54) is 0 Å². The molecule has 0 amide bonds. The van der Waals surface area contributed by atoms with Gasteiger partial charge in [-0.1, -0.05) is 13.0 Å². The largest absolute Gasteiger partial charge is 0.379 e. The highest BCUT2D eigenvalue weighted by atomic mass is 32.2. The van der Waals surface area contributed by atoms with Crippen LogP contribution in [0.4, 0.5) is 11.6 Å². The Bertz CT molecular complexity index is 1220. The molecule has 1 fully saturated rings. The summed E-state index contributed by atoms with van der Waals surface area (Å²) in [5.41, 5.74) is 4.27. The van der Waals surface area contributed by atoms with Gasteiger partial charge in [0.1, 0.15) is 0 Å². The van der Waals surface area contributed by atoms with Crippen LogP contribution in [0.3, 0.4) is 0 Å². The highest BCUT2D eigenvalue weighted by Crippen LogP contribution is 2.48. The van der Waals surface area contributed by atoms with E-state index in [0.717, 1.165) is 22.4 Å². The minimum Gasteiger partial charge on any atom is -0.379 e. The molecule has 0 radical (unpaired) electrons. The van der Waals surface area contributed by atoms with Gasteiger partial charge >= 0.3 is 0 Å². The minimum absolute atomic E-state index is 0.0583. The Kier molecular flexibility index (Phi) is 4.33. The van der Waals surface area contributed by atoms with E-state index in [2.05, 4.69) is 20.2 Å². The highest BCUT2D eigenvalue weighted by molar-refractivity contribution is 7.91. The van der Waals surface area contributed by atoms with Gasteiger partial charge in [0.2, 0.25) is 5.95 Å². The van der Waals surface area contributed by atoms with Crippen molar-refractivity contribution in [1.29, 1.82) is 0 Å². The van der Waals surface area contributed by atoms with Crippen LogP contribution in [0, 0.1) is 6.92 Å². The number of rotatable bonds is 4. The van der Waals surface area contributed by atoms with Crippen LogP contribution in [0.15, 0.2) is 47.8 Å². The summed E-state index contributed by atoms with van der Waals surface area (Å²) in [6, 6.07) is 7.28. The average molecular weight is 423 g/mol. The molecule has 0 atom stereocenters. The fourth-order valence-corrected chi connectivity index (χ4v) is 4.89. The van der Waals surface area contributed by atoms with E-state index in [0.29, 0.717) is 36.3 Å².